The Morgan fingerprint density at radius 3 is 2.71 bits per heavy atom. The molecule has 1 aliphatic carbocycles. The predicted molar refractivity (Wildman–Crippen MR) is 181 cm³/mol. The van der Waals surface area contributed by atoms with Gasteiger partial charge < -0.3 is 29.5 Å². The van der Waals surface area contributed by atoms with Crippen molar-refractivity contribution in [3.05, 3.63) is 58.4 Å². The van der Waals surface area contributed by atoms with Gasteiger partial charge in [0.05, 0.1) is 12.3 Å². The molecule has 258 valence electrons. The number of nitrogens with zero attached hydrogens (tertiary/aromatic N) is 4. The van der Waals surface area contributed by atoms with Gasteiger partial charge in [-0.05, 0) is 70.4 Å². The molecule has 0 bridgehead atoms. The van der Waals surface area contributed by atoms with Crippen LogP contribution in [-0.4, -0.2) is 76.2 Å². The molecule has 4 rings (SSSR count). The van der Waals surface area contributed by atoms with Gasteiger partial charge in [0.1, 0.15) is 11.0 Å². The van der Waals surface area contributed by atoms with Crippen molar-refractivity contribution in [3.8, 4) is 11.4 Å². The summed E-state index contributed by atoms with van der Waals surface area (Å²) in [4.78, 5) is 62.2. The molecule has 0 aliphatic heterocycles. The molecule has 0 radical (unpaired) electrons. The lowest BCUT2D eigenvalue weighted by Gasteiger charge is -2.24. The molecular weight excluding hydrogens is 636 g/mol. The van der Waals surface area contributed by atoms with Crippen LogP contribution < -0.4 is 10.6 Å². The van der Waals surface area contributed by atoms with E-state index in [4.69, 9.17) is 14.0 Å². The maximum absolute atomic E-state index is 13.4. The molecular formula is C34H44N6O7S. The van der Waals surface area contributed by atoms with E-state index in [0.29, 0.717) is 65.8 Å². The molecule has 2 atom stereocenters. The summed E-state index contributed by atoms with van der Waals surface area (Å²) in [7, 11) is 1.69. The van der Waals surface area contributed by atoms with E-state index in [1.165, 1.54) is 4.90 Å². The summed E-state index contributed by atoms with van der Waals surface area (Å²) in [5, 5.41) is 9.93. The number of rotatable bonds is 14. The topological polar surface area (TPSA) is 166 Å². The molecule has 13 nitrogen and oxygen atoms in total. The SMILES string of the molecule is CCCOC(=O)c1sc(NC(=O)C[C@H](CCCN(C)C(=O)O[C@@H]2CC/C=C/CCC2)NC(=O)c2cccc(-c3noc(C)n3)c2)nc1C. The van der Waals surface area contributed by atoms with Gasteiger partial charge in [0.25, 0.3) is 5.91 Å². The Morgan fingerprint density at radius 2 is 1.94 bits per heavy atom. The number of esters is 1. The Hall–Kier alpha value is -4.59. The third-order valence-electron chi connectivity index (χ3n) is 7.69. The van der Waals surface area contributed by atoms with Gasteiger partial charge in [-0.2, -0.15) is 4.98 Å². The summed E-state index contributed by atoms with van der Waals surface area (Å²) in [6.45, 7) is 5.93. The van der Waals surface area contributed by atoms with Crippen molar-refractivity contribution in [2.24, 2.45) is 0 Å². The second-order valence-electron chi connectivity index (χ2n) is 11.8. The molecule has 3 aromatic rings. The van der Waals surface area contributed by atoms with Crippen molar-refractivity contribution >= 4 is 40.3 Å². The summed E-state index contributed by atoms with van der Waals surface area (Å²) in [5.74, 6) is -0.482. The summed E-state index contributed by atoms with van der Waals surface area (Å²) >= 11 is 1.04. The van der Waals surface area contributed by atoms with Crippen LogP contribution in [0.2, 0.25) is 0 Å². The lowest BCUT2D eigenvalue weighted by atomic mass is 10.0. The van der Waals surface area contributed by atoms with E-state index in [1.54, 1.807) is 45.2 Å². The number of thiazole rings is 1. The number of benzene rings is 1. The van der Waals surface area contributed by atoms with Crippen molar-refractivity contribution in [1.29, 1.82) is 0 Å². The Morgan fingerprint density at radius 1 is 1.12 bits per heavy atom. The van der Waals surface area contributed by atoms with Crippen molar-refractivity contribution in [1.82, 2.24) is 25.3 Å². The van der Waals surface area contributed by atoms with Gasteiger partial charge in [-0.1, -0.05) is 47.7 Å². The Labute approximate surface area is 284 Å². The van der Waals surface area contributed by atoms with Gasteiger partial charge >= 0.3 is 12.1 Å². The van der Waals surface area contributed by atoms with Crippen LogP contribution in [0.5, 0.6) is 0 Å². The third kappa shape index (κ3) is 11.0. The van der Waals surface area contributed by atoms with Gasteiger partial charge in [0, 0.05) is 44.1 Å². The number of nitrogens with one attached hydrogen (secondary N) is 2. The molecule has 3 amide bonds. The lowest BCUT2D eigenvalue weighted by Crippen LogP contribution is -2.38. The Balaban J connectivity index is 1.40. The first-order valence-corrected chi connectivity index (χ1v) is 17.2. The number of hydrogen-bond donors (Lipinski definition) is 2. The van der Waals surface area contributed by atoms with E-state index in [2.05, 4.69) is 37.9 Å². The van der Waals surface area contributed by atoms with Crippen LogP contribution in [0, 0.1) is 13.8 Å². The Kier molecular flexibility index (Phi) is 13.7. The van der Waals surface area contributed by atoms with Crippen molar-refractivity contribution in [2.45, 2.75) is 90.7 Å². The number of anilines is 1. The standard InChI is InChI=1S/C34H44N6O7S/c1-5-19-45-32(43)29-22(2)35-33(48-29)38-28(41)21-26(15-12-18-40(4)34(44)46-27-16-9-7-6-8-10-17-27)37-31(42)25-14-11-13-24(20-25)30-36-23(3)47-39-30/h6-7,11,13-14,20,26-27H,5,8-10,12,15-19,21H2,1-4H3,(H,37,42)(H,35,38,41)/b7-6+/t26-,27+/m0/s1. The van der Waals surface area contributed by atoms with Crippen LogP contribution >= 0.6 is 11.3 Å². The average molecular weight is 681 g/mol. The highest BCUT2D eigenvalue weighted by Gasteiger charge is 2.23. The Bertz CT molecular complexity index is 1590. The van der Waals surface area contributed by atoms with Crippen molar-refractivity contribution in [3.63, 3.8) is 0 Å². The molecule has 2 heterocycles. The molecule has 0 unspecified atom stereocenters. The van der Waals surface area contributed by atoms with E-state index < -0.39 is 12.0 Å². The second-order valence-corrected chi connectivity index (χ2v) is 12.8. The van der Waals surface area contributed by atoms with Gasteiger partial charge in [-0.3, -0.25) is 9.59 Å². The molecule has 1 aromatic carbocycles. The molecule has 0 spiro atoms. The average Bonchev–Trinajstić information content (AvgIpc) is 3.65. The van der Waals surface area contributed by atoms with Gasteiger partial charge in [0.15, 0.2) is 5.13 Å². The van der Waals surface area contributed by atoms with Crippen LogP contribution in [0.25, 0.3) is 11.4 Å². The summed E-state index contributed by atoms with van der Waals surface area (Å²) < 4.78 is 16.1. The fraction of sp³-hybridized carbons (Fsp3) is 0.500. The van der Waals surface area contributed by atoms with Crippen LogP contribution in [0.15, 0.2) is 40.9 Å². The first kappa shape index (κ1) is 36.2. The molecule has 1 aliphatic rings. The third-order valence-corrected chi connectivity index (χ3v) is 8.74. The van der Waals surface area contributed by atoms with Crippen LogP contribution in [0.4, 0.5) is 9.93 Å². The zero-order valence-electron chi connectivity index (χ0n) is 28.0. The molecule has 0 saturated heterocycles. The number of aromatic nitrogens is 3. The van der Waals surface area contributed by atoms with E-state index >= 15 is 0 Å². The van der Waals surface area contributed by atoms with Crippen molar-refractivity contribution in [2.75, 3.05) is 25.5 Å². The van der Waals surface area contributed by atoms with E-state index in [9.17, 15) is 19.2 Å². The second kappa shape index (κ2) is 18.1. The quantitative estimate of drug-likeness (QED) is 0.147. The zero-order chi connectivity index (χ0) is 34.5. The van der Waals surface area contributed by atoms with Gasteiger partial charge in [-0.25, -0.2) is 14.6 Å². The molecule has 0 fully saturated rings. The number of hydrogen-bond acceptors (Lipinski definition) is 11. The maximum atomic E-state index is 13.4. The molecule has 2 aromatic heterocycles. The fourth-order valence-corrected chi connectivity index (χ4v) is 6.02. The summed E-state index contributed by atoms with van der Waals surface area (Å²) in [5.41, 5.74) is 1.44. The van der Waals surface area contributed by atoms with E-state index in [0.717, 1.165) is 43.4 Å². The van der Waals surface area contributed by atoms with Gasteiger partial charge in [-0.15, -0.1) is 0 Å². The minimum atomic E-state index is -0.578. The number of carbonyl (C=O) groups excluding carboxylic acids is 4. The minimum Gasteiger partial charge on any atom is -0.461 e. The normalized spacial score (nSPS) is 15.8. The number of allylic oxidation sites excluding steroid dienone is 2. The van der Waals surface area contributed by atoms with Crippen LogP contribution in [0.1, 0.15) is 96.3 Å². The molecule has 14 heteroatoms. The first-order chi connectivity index (χ1) is 23.1. The molecule has 0 saturated carbocycles. The maximum Gasteiger partial charge on any atom is 0.409 e. The van der Waals surface area contributed by atoms with E-state index in [-0.39, 0.29) is 35.6 Å². The predicted octanol–water partition coefficient (Wildman–Crippen LogP) is 6.24. The largest absolute Gasteiger partial charge is 0.461 e. The molecule has 2 N–H and O–H groups in total. The monoisotopic (exact) mass is 680 g/mol. The highest BCUT2D eigenvalue weighted by molar-refractivity contribution is 7.17. The van der Waals surface area contributed by atoms with Crippen molar-refractivity contribution < 1.29 is 33.2 Å². The van der Waals surface area contributed by atoms with Crippen LogP contribution in [-0.2, 0) is 14.3 Å². The highest BCUT2D eigenvalue weighted by atomic mass is 32.1. The lowest BCUT2D eigenvalue weighted by molar-refractivity contribution is -0.116. The minimum absolute atomic E-state index is 0.0620. The summed E-state index contributed by atoms with van der Waals surface area (Å²) in [6, 6.07) is 6.23. The number of ether oxygens (including phenoxy) is 2. The van der Waals surface area contributed by atoms with Gasteiger partial charge in [0.2, 0.25) is 17.6 Å². The molecule has 48 heavy (non-hydrogen) atoms. The zero-order valence-corrected chi connectivity index (χ0v) is 28.8. The number of aryl methyl sites for hydroxylation is 2. The summed E-state index contributed by atoms with van der Waals surface area (Å²) in [6.07, 6.45) is 9.82. The first-order valence-electron chi connectivity index (χ1n) is 16.4. The smallest absolute Gasteiger partial charge is 0.409 e. The number of carbonyl (C=O) groups is 4. The highest BCUT2D eigenvalue weighted by Crippen LogP contribution is 2.24. The fourth-order valence-electron chi connectivity index (χ4n) is 5.15. The van der Waals surface area contributed by atoms with Crippen LogP contribution in [0.3, 0.4) is 0 Å². The van der Waals surface area contributed by atoms with E-state index in [1.807, 2.05) is 6.92 Å². The number of amides is 3.